The van der Waals surface area contributed by atoms with Crippen LogP contribution in [0.2, 0.25) is 0 Å². The van der Waals surface area contributed by atoms with Crippen molar-refractivity contribution in [3.63, 3.8) is 0 Å². The zero-order chi connectivity index (χ0) is 74.2. The maximum absolute atomic E-state index is 5.61. The number of rotatable bonds is 12. The summed E-state index contributed by atoms with van der Waals surface area (Å²) in [4.78, 5) is 8.29. The van der Waals surface area contributed by atoms with E-state index in [2.05, 4.69) is 427 Å². The molecular weight excluding hydrogens is 1370 g/mol. The molecule has 23 rings (SSSR count). The fourth-order valence-electron chi connectivity index (χ4n) is 19.8. The molecule has 2 unspecified atom stereocenters. The van der Waals surface area contributed by atoms with E-state index in [-0.39, 0.29) is 12.0 Å². The van der Waals surface area contributed by atoms with Gasteiger partial charge in [0.2, 0.25) is 0 Å². The summed E-state index contributed by atoms with van der Waals surface area (Å²) in [5.74, 6) is 0.931. The summed E-state index contributed by atoms with van der Waals surface area (Å²) >= 11 is 0. The Labute approximate surface area is 655 Å². The Balaban J connectivity index is 0.914. The first-order chi connectivity index (χ1) is 56.2. The van der Waals surface area contributed by atoms with E-state index in [0.717, 1.165) is 101 Å². The van der Waals surface area contributed by atoms with E-state index in [1.165, 1.54) is 115 Å². The number of anilines is 2. The molecule has 0 saturated carbocycles. The van der Waals surface area contributed by atoms with Crippen LogP contribution in [0.4, 0.5) is 11.4 Å². The van der Waals surface area contributed by atoms with Crippen molar-refractivity contribution >= 4 is 93.2 Å². The molecule has 1 aliphatic heterocycles. The van der Waals surface area contributed by atoms with Crippen molar-refractivity contribution in [2.24, 2.45) is 0 Å². The zero-order valence-corrected chi connectivity index (χ0v) is 61.7. The number of hydrogen-bond acceptors (Lipinski definition) is 2. The van der Waals surface area contributed by atoms with Crippen LogP contribution in [0.25, 0.3) is 194 Å². The van der Waals surface area contributed by atoms with Crippen LogP contribution >= 0.6 is 0 Å². The molecule has 19 aromatic carbocycles. The highest BCUT2D eigenvalue weighted by Crippen LogP contribution is 2.62. The predicted molar refractivity (Wildman–Crippen MR) is 475 cm³/mol. The van der Waals surface area contributed by atoms with E-state index in [9.17, 15) is 0 Å². The molecular formula is C109H70N4. The largest absolute Gasteiger partial charge is 0.331 e. The van der Waals surface area contributed by atoms with E-state index in [4.69, 9.17) is 4.98 Å². The molecule has 4 heteroatoms. The Kier molecular flexibility index (Phi) is 14.8. The van der Waals surface area contributed by atoms with Gasteiger partial charge in [0.05, 0.1) is 28.3 Å². The van der Waals surface area contributed by atoms with Gasteiger partial charge in [0.15, 0.2) is 0 Å². The molecule has 0 fully saturated rings. The molecule has 0 saturated heterocycles. The number of aromatic nitrogens is 3. The molecule has 21 aromatic rings. The van der Waals surface area contributed by atoms with Crippen LogP contribution in [0.5, 0.6) is 0 Å². The van der Waals surface area contributed by atoms with Crippen molar-refractivity contribution in [3.05, 3.63) is 423 Å². The lowest BCUT2D eigenvalue weighted by molar-refractivity contribution is 0.636. The van der Waals surface area contributed by atoms with E-state index in [1.807, 2.05) is 0 Å². The summed E-state index contributed by atoms with van der Waals surface area (Å²) in [5, 5.41) is 13.3. The molecule has 0 radical (unpaired) electrons. The van der Waals surface area contributed by atoms with Crippen molar-refractivity contribution in [1.29, 1.82) is 0 Å². The average Bonchev–Trinajstić information content (AvgIpc) is 1.42. The van der Waals surface area contributed by atoms with Crippen molar-refractivity contribution in [2.75, 3.05) is 4.90 Å². The molecule has 0 spiro atoms. The smallest absolute Gasteiger partial charge is 0.145 e. The quantitative estimate of drug-likeness (QED) is 0.0900. The molecule has 2 atom stereocenters. The fraction of sp³-hybridized carbons (Fsp3) is 0.0183. The third kappa shape index (κ3) is 9.86. The summed E-state index contributed by atoms with van der Waals surface area (Å²) in [7, 11) is 0. The minimum Gasteiger partial charge on any atom is -0.331 e. The highest BCUT2D eigenvalue weighted by Gasteiger charge is 2.45. The Morgan fingerprint density at radius 2 is 0.584 bits per heavy atom. The van der Waals surface area contributed by atoms with Gasteiger partial charge in [-0.25, -0.2) is 4.98 Å². The van der Waals surface area contributed by atoms with Crippen molar-refractivity contribution in [1.82, 2.24) is 14.1 Å². The lowest BCUT2D eigenvalue weighted by atomic mass is 9.73. The Morgan fingerprint density at radius 3 is 1.09 bits per heavy atom. The third-order valence-corrected chi connectivity index (χ3v) is 24.1. The molecule has 3 heterocycles. The van der Waals surface area contributed by atoms with Gasteiger partial charge < -0.3 is 9.47 Å². The van der Waals surface area contributed by atoms with Crippen molar-refractivity contribution in [3.8, 4) is 112 Å². The molecule has 4 nitrogen and oxygen atoms in total. The number of benzene rings is 19. The van der Waals surface area contributed by atoms with Gasteiger partial charge in [-0.15, -0.1) is 0 Å². The van der Waals surface area contributed by atoms with Gasteiger partial charge in [-0.05, 0) is 215 Å². The summed E-state index contributed by atoms with van der Waals surface area (Å²) in [5.41, 5.74) is 31.0. The van der Waals surface area contributed by atoms with Gasteiger partial charge in [-0.2, -0.15) is 0 Å². The second-order valence-corrected chi connectivity index (χ2v) is 30.1. The Bertz CT molecular complexity index is 7370. The lowest BCUT2D eigenvalue weighted by Crippen LogP contribution is -2.26. The van der Waals surface area contributed by atoms with Crippen LogP contribution in [-0.2, 0) is 0 Å². The highest BCUT2D eigenvalue weighted by molar-refractivity contribution is 6.46. The fourth-order valence-corrected chi connectivity index (χ4v) is 19.8. The number of nitrogens with zero attached hydrogens (tertiary/aromatic N) is 4. The van der Waals surface area contributed by atoms with E-state index >= 15 is 0 Å². The summed E-state index contributed by atoms with van der Waals surface area (Å²) in [6.45, 7) is 0. The lowest BCUT2D eigenvalue weighted by Gasteiger charge is -2.34. The summed E-state index contributed by atoms with van der Waals surface area (Å²) in [6.07, 6.45) is 4.89. The van der Waals surface area contributed by atoms with Crippen LogP contribution in [-0.4, -0.2) is 14.1 Å². The first-order valence-electron chi connectivity index (χ1n) is 39.3. The van der Waals surface area contributed by atoms with Crippen molar-refractivity contribution in [2.45, 2.75) is 12.0 Å². The molecule has 0 amide bonds. The number of para-hydroxylation sites is 6. The van der Waals surface area contributed by atoms with Gasteiger partial charge in [0, 0.05) is 45.2 Å². The third-order valence-electron chi connectivity index (χ3n) is 24.1. The van der Waals surface area contributed by atoms with E-state index in [1.54, 1.807) is 0 Å². The molecule has 2 aromatic heterocycles. The molecule has 526 valence electrons. The number of imidazole rings is 1. The van der Waals surface area contributed by atoms with E-state index in [0.29, 0.717) is 0 Å². The SMILES string of the molecule is C1=CC2c3ccccc3N(c3cccc(-c4c(-c5ccccc5)c(-c5cccc(-c6nc7ccccc7n6-c6ccccc6)c5)c5c6cccc7c8c(-c9ccccc9)c(-c9ccccc9)c(-c9ccccc9)c(-c9ccccc9)c8c8cccc(c5c4-c4ccccc4)c8c76)c3)C2c2c1c1ccccc1n2-c1ccccc1. The molecule has 0 N–H and O–H groups in total. The first kappa shape index (κ1) is 64.3. The van der Waals surface area contributed by atoms with Gasteiger partial charge in [-0.3, -0.25) is 4.57 Å². The van der Waals surface area contributed by atoms with Gasteiger partial charge in [0.25, 0.3) is 0 Å². The summed E-state index contributed by atoms with van der Waals surface area (Å²) in [6, 6.07) is 149. The standard InChI is InChI=1S/C109H70N4/c1-9-35-69(36-10-1)93-94(70-37-11-2-12-38-70)97(73-43-17-5-18-44-73)104-86-58-34-60-88-102(86)101-85(103(104)96(93)72-41-15-4-16-42-72)57-33-59-87(101)105-98(74-45-19-6-20-46-74)99(95(71-39-13-3-14-40-71)100(106(88)105)75-47-31-49-77(67-75)109-110-89-61-27-30-64-92(89)113(109)79-52-23-8-24-53-79)76-48-32-54-80(68-76)112-91-63-29-26-56-82(91)84-66-65-83-81-55-25-28-62-90(81)111(107(83)108(84)112)78-50-21-7-22-51-78/h1-68,84,108H. The topological polar surface area (TPSA) is 26.0 Å². The Morgan fingerprint density at radius 1 is 0.239 bits per heavy atom. The zero-order valence-electron chi connectivity index (χ0n) is 61.7. The minimum atomic E-state index is -0.0989. The first-order valence-corrected chi connectivity index (χ1v) is 39.3. The normalized spacial score (nSPS) is 13.8. The van der Waals surface area contributed by atoms with Gasteiger partial charge in [0.1, 0.15) is 5.82 Å². The maximum atomic E-state index is 5.61. The second-order valence-electron chi connectivity index (χ2n) is 30.1. The van der Waals surface area contributed by atoms with Crippen LogP contribution in [0, 0.1) is 0 Å². The molecule has 0 bridgehead atoms. The van der Waals surface area contributed by atoms with E-state index < -0.39 is 0 Å². The minimum absolute atomic E-state index is 0.0609. The monoisotopic (exact) mass is 1430 g/mol. The van der Waals surface area contributed by atoms with Gasteiger partial charge in [-0.1, -0.05) is 346 Å². The van der Waals surface area contributed by atoms with Crippen LogP contribution in [0.15, 0.2) is 406 Å². The van der Waals surface area contributed by atoms with Crippen molar-refractivity contribution < 1.29 is 0 Å². The highest BCUT2D eigenvalue weighted by atomic mass is 15.2. The van der Waals surface area contributed by atoms with Gasteiger partial charge >= 0.3 is 0 Å². The van der Waals surface area contributed by atoms with Crippen LogP contribution in [0.3, 0.4) is 0 Å². The molecule has 113 heavy (non-hydrogen) atoms. The second kappa shape index (κ2) is 26.0. The molecule has 1 aliphatic carbocycles. The molecule has 2 aliphatic rings. The summed E-state index contributed by atoms with van der Waals surface area (Å²) < 4.78 is 4.89. The number of fused-ring (bicyclic) bond motifs is 14. The predicted octanol–water partition coefficient (Wildman–Crippen LogP) is 29.2. The van der Waals surface area contributed by atoms with Crippen LogP contribution < -0.4 is 4.90 Å². The maximum Gasteiger partial charge on any atom is 0.145 e. The van der Waals surface area contributed by atoms with Crippen LogP contribution in [0.1, 0.15) is 28.8 Å². The Hall–Kier alpha value is -14.7. The number of hydrogen-bond donors (Lipinski definition) is 0. The average molecular weight is 1440 g/mol.